The van der Waals surface area contributed by atoms with E-state index in [9.17, 15) is 8.78 Å². The number of guanidine groups is 1. The molecule has 0 aromatic heterocycles. The molecule has 0 N–H and O–H groups in total. The lowest BCUT2D eigenvalue weighted by Crippen LogP contribution is -2.35. The molecule has 0 saturated carbocycles. The van der Waals surface area contributed by atoms with E-state index in [-0.39, 0.29) is 0 Å². The van der Waals surface area contributed by atoms with E-state index in [0.717, 1.165) is 12.0 Å². The molecule has 0 radical (unpaired) electrons. The van der Waals surface area contributed by atoms with Crippen molar-refractivity contribution in [3.8, 4) is 0 Å². The molecule has 0 unspecified atom stereocenters. The molecule has 0 aliphatic carbocycles. The third kappa shape index (κ3) is 4.31. The van der Waals surface area contributed by atoms with E-state index >= 15 is 0 Å². The Labute approximate surface area is 107 Å². The molecule has 0 atom stereocenters. The molecule has 1 rings (SSSR count). The third-order valence-electron chi connectivity index (χ3n) is 2.38. The van der Waals surface area contributed by atoms with E-state index in [1.807, 2.05) is 38.0 Å². The summed E-state index contributed by atoms with van der Waals surface area (Å²) >= 11 is 0. The second kappa shape index (κ2) is 6.33. The van der Waals surface area contributed by atoms with Crippen molar-refractivity contribution in [1.82, 2.24) is 9.80 Å². The van der Waals surface area contributed by atoms with Gasteiger partial charge >= 0.3 is 0 Å². The van der Waals surface area contributed by atoms with Crippen molar-refractivity contribution in [3.05, 3.63) is 35.4 Å². The zero-order chi connectivity index (χ0) is 13.7. The average Bonchev–Trinajstić information content (AvgIpc) is 2.21. The van der Waals surface area contributed by atoms with Gasteiger partial charge in [-0.1, -0.05) is 0 Å². The second-order valence-corrected chi connectivity index (χ2v) is 4.50. The first-order valence-electron chi connectivity index (χ1n) is 5.74. The number of nitrogens with zero attached hydrogens (tertiary/aromatic N) is 3. The van der Waals surface area contributed by atoms with Gasteiger partial charge in [0.15, 0.2) is 5.96 Å². The van der Waals surface area contributed by atoms with Crippen LogP contribution in [0.1, 0.15) is 5.56 Å². The summed E-state index contributed by atoms with van der Waals surface area (Å²) in [5.74, 6) is -0.268. The van der Waals surface area contributed by atoms with Crippen molar-refractivity contribution >= 4 is 5.96 Å². The highest BCUT2D eigenvalue weighted by atomic mass is 19.1. The number of aliphatic imine (C=N–C) groups is 1. The fraction of sp³-hybridized carbons (Fsp3) is 0.462. The topological polar surface area (TPSA) is 18.8 Å². The number of rotatable bonds is 3. The Bertz CT molecular complexity index is 398. The maximum Gasteiger partial charge on any atom is 0.195 e. The predicted molar refractivity (Wildman–Crippen MR) is 69.7 cm³/mol. The normalized spacial score (nSPS) is 10.1. The Morgan fingerprint density at radius 1 is 1.00 bits per heavy atom. The largest absolute Gasteiger partial charge is 0.349 e. The van der Waals surface area contributed by atoms with Crippen molar-refractivity contribution in [1.29, 1.82) is 0 Å². The standard InChI is InChI=1S/C13H19F2N3/c1-17(2)13(18(3)4)16-6-5-10-7-11(14)9-12(15)8-10/h7-9H,5-6H2,1-4H3. The molecular weight excluding hydrogens is 236 g/mol. The lowest BCUT2D eigenvalue weighted by molar-refractivity contribution is 0.479. The minimum absolute atomic E-state index is 0.495. The van der Waals surface area contributed by atoms with Gasteiger partial charge in [-0.15, -0.1) is 0 Å². The SMILES string of the molecule is CN(C)C(=NCCc1cc(F)cc(F)c1)N(C)C. The molecule has 100 valence electrons. The molecule has 0 heterocycles. The Hall–Kier alpha value is -1.65. The first-order valence-corrected chi connectivity index (χ1v) is 5.74. The minimum atomic E-state index is -0.547. The van der Waals surface area contributed by atoms with Crippen molar-refractivity contribution < 1.29 is 8.78 Å². The summed E-state index contributed by atoms with van der Waals surface area (Å²) < 4.78 is 26.0. The maximum atomic E-state index is 13.0. The Morgan fingerprint density at radius 2 is 1.50 bits per heavy atom. The predicted octanol–water partition coefficient (Wildman–Crippen LogP) is 1.99. The van der Waals surface area contributed by atoms with E-state index in [0.29, 0.717) is 18.5 Å². The van der Waals surface area contributed by atoms with E-state index in [1.165, 1.54) is 12.1 Å². The van der Waals surface area contributed by atoms with Gasteiger partial charge in [-0.25, -0.2) is 8.78 Å². The smallest absolute Gasteiger partial charge is 0.195 e. The summed E-state index contributed by atoms with van der Waals surface area (Å²) in [4.78, 5) is 8.19. The van der Waals surface area contributed by atoms with E-state index in [2.05, 4.69) is 4.99 Å². The van der Waals surface area contributed by atoms with Crippen LogP contribution in [0.15, 0.2) is 23.2 Å². The lowest BCUT2D eigenvalue weighted by atomic mass is 10.1. The van der Waals surface area contributed by atoms with Gasteiger partial charge < -0.3 is 9.80 Å². The molecule has 0 amide bonds. The highest BCUT2D eigenvalue weighted by Crippen LogP contribution is 2.08. The van der Waals surface area contributed by atoms with Crippen LogP contribution in [0.4, 0.5) is 8.78 Å². The summed E-state index contributed by atoms with van der Waals surface area (Å²) in [6.07, 6.45) is 0.514. The van der Waals surface area contributed by atoms with Crippen LogP contribution in [-0.4, -0.2) is 50.5 Å². The summed E-state index contributed by atoms with van der Waals surface area (Å²) in [6.45, 7) is 0.495. The molecule has 0 saturated heterocycles. The van der Waals surface area contributed by atoms with Crippen molar-refractivity contribution in [2.75, 3.05) is 34.7 Å². The van der Waals surface area contributed by atoms with Gasteiger partial charge in [-0.3, -0.25) is 4.99 Å². The van der Waals surface area contributed by atoms with Crippen LogP contribution < -0.4 is 0 Å². The van der Waals surface area contributed by atoms with Crippen LogP contribution in [0, 0.1) is 11.6 Å². The molecule has 0 fully saturated rings. The Kier molecular flexibility index (Phi) is 5.07. The van der Waals surface area contributed by atoms with Crippen LogP contribution in [0.2, 0.25) is 0 Å². The molecule has 1 aromatic carbocycles. The summed E-state index contributed by atoms with van der Waals surface area (Å²) in [5, 5.41) is 0. The first-order chi connectivity index (χ1) is 8.40. The van der Waals surface area contributed by atoms with Gasteiger partial charge in [0.1, 0.15) is 11.6 Å². The van der Waals surface area contributed by atoms with Crippen LogP contribution in [0.5, 0.6) is 0 Å². The molecular formula is C13H19F2N3. The fourth-order valence-corrected chi connectivity index (χ4v) is 1.72. The van der Waals surface area contributed by atoms with Gasteiger partial charge in [0.2, 0.25) is 0 Å². The number of halogens is 2. The maximum absolute atomic E-state index is 13.0. The first kappa shape index (κ1) is 14.4. The van der Waals surface area contributed by atoms with Gasteiger partial charge in [-0.05, 0) is 24.1 Å². The summed E-state index contributed by atoms with van der Waals surface area (Å²) in [7, 11) is 7.61. The Balaban J connectivity index is 2.67. The van der Waals surface area contributed by atoms with Crippen LogP contribution in [-0.2, 0) is 6.42 Å². The molecule has 1 aromatic rings. The van der Waals surface area contributed by atoms with Crippen LogP contribution in [0.25, 0.3) is 0 Å². The molecule has 0 bridgehead atoms. The highest BCUT2D eigenvalue weighted by molar-refractivity contribution is 5.79. The average molecular weight is 255 g/mol. The number of benzene rings is 1. The van der Waals surface area contributed by atoms with Crippen molar-refractivity contribution in [2.45, 2.75) is 6.42 Å². The third-order valence-corrected chi connectivity index (χ3v) is 2.38. The summed E-state index contributed by atoms with van der Waals surface area (Å²) in [6, 6.07) is 3.55. The molecule has 5 heteroatoms. The Morgan fingerprint density at radius 3 is 1.94 bits per heavy atom. The van der Waals surface area contributed by atoms with Gasteiger partial charge in [0.05, 0.1) is 0 Å². The lowest BCUT2D eigenvalue weighted by Gasteiger charge is -2.22. The van der Waals surface area contributed by atoms with E-state index in [1.54, 1.807) is 0 Å². The monoisotopic (exact) mass is 255 g/mol. The molecule has 18 heavy (non-hydrogen) atoms. The highest BCUT2D eigenvalue weighted by Gasteiger charge is 2.04. The van der Waals surface area contributed by atoms with Gasteiger partial charge in [0.25, 0.3) is 0 Å². The molecule has 3 nitrogen and oxygen atoms in total. The number of hydrogen-bond donors (Lipinski definition) is 0. The quantitative estimate of drug-likeness (QED) is 0.607. The van der Waals surface area contributed by atoms with Crippen LogP contribution >= 0.6 is 0 Å². The van der Waals surface area contributed by atoms with Crippen LogP contribution in [0.3, 0.4) is 0 Å². The second-order valence-electron chi connectivity index (χ2n) is 4.50. The molecule has 0 spiro atoms. The van der Waals surface area contributed by atoms with Crippen molar-refractivity contribution in [2.24, 2.45) is 4.99 Å². The zero-order valence-corrected chi connectivity index (χ0v) is 11.2. The molecule has 0 aliphatic heterocycles. The van der Waals surface area contributed by atoms with Gasteiger partial charge in [0, 0.05) is 40.8 Å². The van der Waals surface area contributed by atoms with Gasteiger partial charge in [-0.2, -0.15) is 0 Å². The zero-order valence-electron chi connectivity index (χ0n) is 11.2. The number of hydrogen-bond acceptors (Lipinski definition) is 1. The minimum Gasteiger partial charge on any atom is -0.349 e. The molecule has 0 aliphatic rings. The fourth-order valence-electron chi connectivity index (χ4n) is 1.72. The van der Waals surface area contributed by atoms with E-state index < -0.39 is 11.6 Å². The van der Waals surface area contributed by atoms with Crippen molar-refractivity contribution in [3.63, 3.8) is 0 Å². The van der Waals surface area contributed by atoms with E-state index in [4.69, 9.17) is 0 Å². The summed E-state index contributed by atoms with van der Waals surface area (Å²) in [5.41, 5.74) is 0.619.